The van der Waals surface area contributed by atoms with Crippen molar-refractivity contribution in [2.45, 2.75) is 32.6 Å². The highest BCUT2D eigenvalue weighted by atomic mass is 19.1. The maximum Gasteiger partial charge on any atom is 0.165 e. The minimum Gasteiger partial charge on any atom is -0.505 e. The molecule has 0 amide bonds. The van der Waals surface area contributed by atoms with E-state index >= 15 is 0 Å². The lowest BCUT2D eigenvalue weighted by Crippen LogP contribution is -2.44. The Kier molecular flexibility index (Phi) is 3.64. The third-order valence-corrected chi connectivity index (χ3v) is 2.91. The van der Waals surface area contributed by atoms with Crippen molar-refractivity contribution in [2.75, 3.05) is 13.1 Å². The van der Waals surface area contributed by atoms with Crippen molar-refractivity contribution in [2.24, 2.45) is 0 Å². The van der Waals surface area contributed by atoms with E-state index in [4.69, 9.17) is 9.84 Å². The van der Waals surface area contributed by atoms with Gasteiger partial charge in [0.25, 0.3) is 0 Å². The molecule has 0 radical (unpaired) electrons. The summed E-state index contributed by atoms with van der Waals surface area (Å²) < 4.78 is 18.8. The highest BCUT2D eigenvalue weighted by Gasteiger charge is 2.22. The number of halogens is 1. The van der Waals surface area contributed by atoms with Crippen LogP contribution >= 0.6 is 0 Å². The number of rotatable bonds is 2. The van der Waals surface area contributed by atoms with Gasteiger partial charge in [0.15, 0.2) is 11.6 Å². The zero-order valence-electron chi connectivity index (χ0n) is 10.2. The summed E-state index contributed by atoms with van der Waals surface area (Å²) in [6.07, 6.45) is 0.418. The van der Waals surface area contributed by atoms with Crippen molar-refractivity contribution in [3.8, 4) is 5.75 Å². The molecule has 0 unspecified atom stereocenters. The van der Waals surface area contributed by atoms with Gasteiger partial charge in [0.1, 0.15) is 0 Å². The van der Waals surface area contributed by atoms with Crippen LogP contribution in [0.4, 0.5) is 4.39 Å². The summed E-state index contributed by atoms with van der Waals surface area (Å²) in [5, 5.41) is 9.13. The van der Waals surface area contributed by atoms with E-state index in [0.29, 0.717) is 6.54 Å². The van der Waals surface area contributed by atoms with Crippen LogP contribution in [-0.4, -0.2) is 35.3 Å². The quantitative estimate of drug-likeness (QED) is 0.858. The highest BCUT2D eigenvalue weighted by molar-refractivity contribution is 5.27. The van der Waals surface area contributed by atoms with Crippen LogP contribution in [0, 0.1) is 5.82 Å². The van der Waals surface area contributed by atoms with Crippen molar-refractivity contribution >= 4 is 0 Å². The van der Waals surface area contributed by atoms with Gasteiger partial charge in [-0.2, -0.15) is 0 Å². The van der Waals surface area contributed by atoms with Crippen LogP contribution in [0.3, 0.4) is 0 Å². The third kappa shape index (κ3) is 3.17. The van der Waals surface area contributed by atoms with Gasteiger partial charge in [-0.15, -0.1) is 0 Å². The van der Waals surface area contributed by atoms with Gasteiger partial charge < -0.3 is 9.84 Å². The number of benzene rings is 1. The molecule has 0 aliphatic carbocycles. The molecular formula is C13H18FNO2. The first-order valence-corrected chi connectivity index (χ1v) is 5.90. The van der Waals surface area contributed by atoms with Gasteiger partial charge in [0.05, 0.1) is 12.2 Å². The minimum atomic E-state index is -0.558. The molecular weight excluding hydrogens is 221 g/mol. The summed E-state index contributed by atoms with van der Waals surface area (Å²) in [7, 11) is 0. The summed E-state index contributed by atoms with van der Waals surface area (Å²) in [4.78, 5) is 2.24. The molecule has 2 rings (SSSR count). The van der Waals surface area contributed by atoms with Crippen LogP contribution in [-0.2, 0) is 11.3 Å². The third-order valence-electron chi connectivity index (χ3n) is 2.91. The van der Waals surface area contributed by atoms with Gasteiger partial charge in [-0.3, -0.25) is 4.90 Å². The molecule has 17 heavy (non-hydrogen) atoms. The summed E-state index contributed by atoms with van der Waals surface area (Å²) in [6, 6.07) is 4.54. The first-order chi connectivity index (χ1) is 8.04. The monoisotopic (exact) mass is 239 g/mol. The number of nitrogens with zero attached hydrogens (tertiary/aromatic N) is 1. The topological polar surface area (TPSA) is 32.7 Å². The molecule has 1 aliphatic heterocycles. The van der Waals surface area contributed by atoms with Crippen LogP contribution in [0.5, 0.6) is 5.75 Å². The van der Waals surface area contributed by atoms with E-state index in [1.54, 1.807) is 6.07 Å². The van der Waals surface area contributed by atoms with Crippen molar-refractivity contribution in [1.82, 2.24) is 4.90 Å². The maximum atomic E-state index is 13.2. The van der Waals surface area contributed by atoms with E-state index in [1.807, 2.05) is 13.8 Å². The van der Waals surface area contributed by atoms with Crippen LogP contribution in [0.1, 0.15) is 19.4 Å². The fourth-order valence-electron chi connectivity index (χ4n) is 2.32. The van der Waals surface area contributed by atoms with Gasteiger partial charge in [-0.25, -0.2) is 4.39 Å². The number of hydrogen-bond donors (Lipinski definition) is 1. The number of aromatic hydroxyl groups is 1. The van der Waals surface area contributed by atoms with Crippen LogP contribution in [0.2, 0.25) is 0 Å². The van der Waals surface area contributed by atoms with Crippen LogP contribution < -0.4 is 0 Å². The second kappa shape index (κ2) is 5.02. The lowest BCUT2D eigenvalue weighted by Gasteiger charge is -2.35. The lowest BCUT2D eigenvalue weighted by molar-refractivity contribution is -0.0705. The molecule has 0 aromatic heterocycles. The van der Waals surface area contributed by atoms with E-state index in [-0.39, 0.29) is 18.0 Å². The number of hydrogen-bond acceptors (Lipinski definition) is 3. The first kappa shape index (κ1) is 12.3. The normalized spacial score (nSPS) is 26.1. The van der Waals surface area contributed by atoms with Gasteiger partial charge in [0.2, 0.25) is 0 Å². The van der Waals surface area contributed by atoms with Gasteiger partial charge in [0, 0.05) is 19.6 Å². The maximum absolute atomic E-state index is 13.2. The van der Waals surface area contributed by atoms with E-state index in [2.05, 4.69) is 4.90 Å². The summed E-state index contributed by atoms with van der Waals surface area (Å²) >= 11 is 0. The SMILES string of the molecule is C[C@@H]1CN(Cc2ccc(O)c(F)c2)C[C@H](C)O1. The van der Waals surface area contributed by atoms with Crippen LogP contribution in [0.15, 0.2) is 18.2 Å². The minimum absolute atomic E-state index is 0.209. The Morgan fingerprint density at radius 2 is 2.00 bits per heavy atom. The second-order valence-corrected chi connectivity index (χ2v) is 4.74. The Morgan fingerprint density at radius 1 is 1.35 bits per heavy atom. The highest BCUT2D eigenvalue weighted by Crippen LogP contribution is 2.19. The largest absolute Gasteiger partial charge is 0.505 e. The van der Waals surface area contributed by atoms with Crippen molar-refractivity contribution < 1.29 is 14.2 Å². The van der Waals surface area contributed by atoms with Gasteiger partial charge >= 0.3 is 0 Å². The molecule has 0 spiro atoms. The zero-order valence-corrected chi connectivity index (χ0v) is 10.2. The Hall–Kier alpha value is -1.13. The Morgan fingerprint density at radius 3 is 2.59 bits per heavy atom. The van der Waals surface area contributed by atoms with Gasteiger partial charge in [-0.05, 0) is 31.5 Å². The Labute approximate surface area is 101 Å². The molecule has 1 N–H and O–H groups in total. The molecule has 1 saturated heterocycles. The molecule has 1 aromatic rings. The molecule has 2 atom stereocenters. The van der Waals surface area contributed by atoms with E-state index < -0.39 is 5.82 Å². The standard InChI is InChI=1S/C13H18FNO2/c1-9-6-15(7-10(2)17-9)8-11-3-4-13(16)12(14)5-11/h3-5,9-10,16H,6-8H2,1-2H3/t9-,10+. The summed E-state index contributed by atoms with van der Waals surface area (Å²) in [6.45, 7) is 6.48. The molecule has 0 saturated carbocycles. The predicted octanol–water partition coefficient (Wildman–Crippen LogP) is 2.14. The summed E-state index contributed by atoms with van der Waals surface area (Å²) in [5.41, 5.74) is 0.876. The first-order valence-electron chi connectivity index (χ1n) is 5.90. The van der Waals surface area contributed by atoms with Crippen LogP contribution in [0.25, 0.3) is 0 Å². The molecule has 0 bridgehead atoms. The number of phenolic OH excluding ortho intramolecular Hbond substituents is 1. The average molecular weight is 239 g/mol. The average Bonchev–Trinajstić information content (AvgIpc) is 2.22. The van der Waals surface area contributed by atoms with E-state index in [9.17, 15) is 4.39 Å². The lowest BCUT2D eigenvalue weighted by atomic mass is 10.1. The van der Waals surface area contributed by atoms with E-state index in [1.165, 1.54) is 12.1 Å². The number of morpholine rings is 1. The summed E-state index contributed by atoms with van der Waals surface area (Å²) in [5.74, 6) is -0.852. The molecule has 4 heteroatoms. The number of ether oxygens (including phenoxy) is 1. The molecule has 1 heterocycles. The Bertz CT molecular complexity index is 387. The number of phenols is 1. The zero-order chi connectivity index (χ0) is 12.4. The molecule has 1 fully saturated rings. The molecule has 3 nitrogen and oxygen atoms in total. The van der Waals surface area contributed by atoms with Crippen molar-refractivity contribution in [1.29, 1.82) is 0 Å². The molecule has 94 valence electrons. The smallest absolute Gasteiger partial charge is 0.165 e. The Balaban J connectivity index is 2.02. The fraction of sp³-hybridized carbons (Fsp3) is 0.538. The van der Waals surface area contributed by atoms with Crippen molar-refractivity contribution in [3.63, 3.8) is 0 Å². The van der Waals surface area contributed by atoms with Gasteiger partial charge in [-0.1, -0.05) is 6.07 Å². The molecule has 1 aliphatic rings. The van der Waals surface area contributed by atoms with Crippen molar-refractivity contribution in [3.05, 3.63) is 29.6 Å². The second-order valence-electron chi connectivity index (χ2n) is 4.74. The molecule has 1 aromatic carbocycles. The fourth-order valence-corrected chi connectivity index (χ4v) is 2.32. The van der Waals surface area contributed by atoms with E-state index in [0.717, 1.165) is 18.7 Å². The predicted molar refractivity (Wildman–Crippen MR) is 63.4 cm³/mol.